The van der Waals surface area contributed by atoms with E-state index in [9.17, 15) is 13.0 Å². The van der Waals surface area contributed by atoms with Crippen LogP contribution >= 0.6 is 0 Å². The van der Waals surface area contributed by atoms with Crippen molar-refractivity contribution >= 4 is 10.4 Å². The second kappa shape index (κ2) is 4.90. The second-order valence-corrected chi connectivity index (χ2v) is 5.00. The van der Waals surface area contributed by atoms with Crippen LogP contribution in [0.3, 0.4) is 0 Å². The van der Waals surface area contributed by atoms with E-state index in [2.05, 4.69) is 4.18 Å². The Bertz CT molecular complexity index is 235. The highest BCUT2D eigenvalue weighted by atomic mass is 32.3. The number of rotatable bonds is 6. The van der Waals surface area contributed by atoms with Crippen LogP contribution in [-0.4, -0.2) is 51.7 Å². The minimum atomic E-state index is -4.50. The molecule has 0 bridgehead atoms. The molecule has 0 aliphatic rings. The Morgan fingerprint density at radius 1 is 1.31 bits per heavy atom. The van der Waals surface area contributed by atoms with Gasteiger partial charge in [0.1, 0.15) is 0 Å². The van der Waals surface area contributed by atoms with Gasteiger partial charge in [0, 0.05) is 0 Å². The fourth-order valence-corrected chi connectivity index (χ4v) is 1.17. The molecule has 0 atom stereocenters. The quantitative estimate of drug-likeness (QED) is 0.270. The summed E-state index contributed by atoms with van der Waals surface area (Å²) in [4.78, 5) is 0. The van der Waals surface area contributed by atoms with Gasteiger partial charge in [0.15, 0.2) is 0 Å². The standard InChI is InChI=1S/C7H17NO4S/c1-8(2,3)6-4-5-7-12-13(9,10)11/h4-7H2,1-3H3/p+1. The molecule has 0 saturated carbocycles. The Labute approximate surface area is 81.3 Å². The Morgan fingerprint density at radius 2 is 1.85 bits per heavy atom. The largest absolute Gasteiger partial charge is 1.00 e. The van der Waals surface area contributed by atoms with E-state index in [-0.39, 0.29) is 8.03 Å². The highest BCUT2D eigenvalue weighted by molar-refractivity contribution is 7.80. The summed E-state index contributed by atoms with van der Waals surface area (Å²) in [5.41, 5.74) is 0. The highest BCUT2D eigenvalue weighted by Crippen LogP contribution is 1.98. The van der Waals surface area contributed by atoms with Crippen molar-refractivity contribution in [1.29, 1.82) is 0 Å². The Kier molecular flexibility index (Phi) is 4.83. The van der Waals surface area contributed by atoms with Crippen molar-refractivity contribution < 1.29 is 23.1 Å². The first-order valence-electron chi connectivity index (χ1n) is 4.11. The molecule has 0 aliphatic carbocycles. The van der Waals surface area contributed by atoms with Gasteiger partial charge in [-0.25, -0.2) is 8.42 Å². The highest BCUT2D eigenvalue weighted by Gasteiger charge is 2.05. The van der Waals surface area contributed by atoms with Crippen LogP contribution in [0.5, 0.6) is 0 Å². The summed E-state index contributed by atoms with van der Waals surface area (Å²) in [6.45, 7) is 0.925. The van der Waals surface area contributed by atoms with E-state index < -0.39 is 10.4 Å². The monoisotopic (exact) mass is 212 g/mol. The molecule has 0 fully saturated rings. The molecule has 0 unspecified atom stereocenters. The molecule has 0 radical (unpaired) electrons. The predicted molar refractivity (Wildman–Crippen MR) is 48.9 cm³/mol. The third-order valence-corrected chi connectivity index (χ3v) is 1.91. The molecular formula is C7H18NO4S+. The van der Waals surface area contributed by atoms with Gasteiger partial charge in [-0.1, -0.05) is 0 Å². The number of quaternary nitrogens is 1. The van der Waals surface area contributed by atoms with Gasteiger partial charge in [0.05, 0.1) is 34.3 Å². The van der Waals surface area contributed by atoms with Gasteiger partial charge in [-0.05, 0) is 12.8 Å². The maximum absolute atomic E-state index is 10.0. The Balaban J connectivity index is 0. The van der Waals surface area contributed by atoms with Crippen molar-refractivity contribution in [2.24, 2.45) is 0 Å². The van der Waals surface area contributed by atoms with E-state index in [1.165, 1.54) is 0 Å². The average Bonchev–Trinajstić information content (AvgIpc) is 1.81. The summed E-state index contributed by atoms with van der Waals surface area (Å²) in [5.74, 6) is 0. The van der Waals surface area contributed by atoms with Crippen LogP contribution in [0.4, 0.5) is 0 Å². The van der Waals surface area contributed by atoms with Crippen molar-refractivity contribution in [2.75, 3.05) is 34.3 Å². The van der Waals surface area contributed by atoms with E-state index in [0.717, 1.165) is 17.4 Å². The van der Waals surface area contributed by atoms with Crippen molar-refractivity contribution in [2.45, 2.75) is 12.8 Å². The van der Waals surface area contributed by atoms with Gasteiger partial charge in [-0.2, -0.15) is 0 Å². The van der Waals surface area contributed by atoms with Gasteiger partial charge >= 0.3 is 1.43 Å². The Hall–Kier alpha value is -0.170. The van der Waals surface area contributed by atoms with Gasteiger partial charge in [-0.3, -0.25) is 4.18 Å². The number of nitrogens with zero attached hydrogens (tertiary/aromatic N) is 1. The SMILES string of the molecule is C[N+](C)(C)CCCCOS(=O)(=O)[O-].[H+]. The average molecular weight is 212 g/mol. The molecule has 0 spiro atoms. The van der Waals surface area contributed by atoms with Gasteiger partial charge < -0.3 is 9.04 Å². The molecule has 80 valence electrons. The maximum Gasteiger partial charge on any atom is 1.00 e. The fraction of sp³-hybridized carbons (Fsp3) is 1.00. The van der Waals surface area contributed by atoms with Gasteiger partial charge in [0.25, 0.3) is 0 Å². The topological polar surface area (TPSA) is 66.4 Å². The molecule has 0 heterocycles. The summed E-state index contributed by atoms with van der Waals surface area (Å²) in [7, 11) is 1.65. The second-order valence-electron chi connectivity index (χ2n) is 3.95. The van der Waals surface area contributed by atoms with Gasteiger partial charge in [-0.15, -0.1) is 0 Å². The molecule has 0 aromatic heterocycles. The zero-order chi connectivity index (χ0) is 10.5. The summed E-state index contributed by atoms with van der Waals surface area (Å²) < 4.78 is 34.9. The first kappa shape index (κ1) is 12.8. The number of hydrogen-bond acceptors (Lipinski definition) is 4. The molecule has 0 rings (SSSR count). The van der Waals surface area contributed by atoms with Crippen LogP contribution in [0.1, 0.15) is 14.3 Å². The van der Waals surface area contributed by atoms with Crippen molar-refractivity contribution in [3.05, 3.63) is 0 Å². The zero-order valence-corrected chi connectivity index (χ0v) is 9.13. The maximum atomic E-state index is 10.0. The van der Waals surface area contributed by atoms with Gasteiger partial charge in [0.2, 0.25) is 10.4 Å². The van der Waals surface area contributed by atoms with Crippen LogP contribution in [0.2, 0.25) is 0 Å². The molecule has 0 aromatic rings. The van der Waals surface area contributed by atoms with Crippen LogP contribution < -0.4 is 0 Å². The lowest BCUT2D eigenvalue weighted by Crippen LogP contribution is -2.35. The molecule has 0 saturated heterocycles. The summed E-state index contributed by atoms with van der Waals surface area (Å²) in [6.07, 6.45) is 1.44. The minimum Gasteiger partial charge on any atom is -0.726 e. The van der Waals surface area contributed by atoms with E-state index in [4.69, 9.17) is 0 Å². The van der Waals surface area contributed by atoms with Crippen LogP contribution in [0.25, 0.3) is 0 Å². The summed E-state index contributed by atoms with van der Waals surface area (Å²) in [6, 6.07) is 0. The summed E-state index contributed by atoms with van der Waals surface area (Å²) in [5, 5.41) is 0. The zero-order valence-electron chi connectivity index (χ0n) is 9.32. The molecule has 5 nitrogen and oxygen atoms in total. The fourth-order valence-electron chi connectivity index (χ4n) is 0.849. The van der Waals surface area contributed by atoms with E-state index in [0.29, 0.717) is 6.42 Å². The number of unbranched alkanes of at least 4 members (excludes halogenated alkanes) is 1. The third-order valence-electron chi connectivity index (χ3n) is 1.45. The molecule has 0 aromatic carbocycles. The molecule has 6 heteroatoms. The lowest BCUT2D eigenvalue weighted by Gasteiger charge is -2.23. The molecule has 0 amide bonds. The van der Waals surface area contributed by atoms with Crippen LogP contribution in [0, 0.1) is 0 Å². The lowest BCUT2D eigenvalue weighted by atomic mass is 10.3. The first-order valence-corrected chi connectivity index (χ1v) is 5.45. The minimum absolute atomic E-state index is 0. The number of hydrogen-bond donors (Lipinski definition) is 0. The van der Waals surface area contributed by atoms with Crippen molar-refractivity contribution in [3.8, 4) is 0 Å². The molecular weight excluding hydrogens is 194 g/mol. The van der Waals surface area contributed by atoms with E-state index in [1.807, 2.05) is 21.1 Å². The van der Waals surface area contributed by atoms with E-state index in [1.54, 1.807) is 0 Å². The summed E-state index contributed by atoms with van der Waals surface area (Å²) >= 11 is 0. The molecule has 13 heavy (non-hydrogen) atoms. The predicted octanol–water partition coefficient (Wildman–Crippen LogP) is 0.0621. The normalized spacial score (nSPS) is 13.2. The molecule has 0 N–H and O–H groups in total. The van der Waals surface area contributed by atoms with Crippen LogP contribution in [0.15, 0.2) is 0 Å². The smallest absolute Gasteiger partial charge is 0.726 e. The van der Waals surface area contributed by atoms with Crippen molar-refractivity contribution in [3.63, 3.8) is 0 Å². The Morgan fingerprint density at radius 3 is 2.23 bits per heavy atom. The lowest BCUT2D eigenvalue weighted by molar-refractivity contribution is -0.870. The van der Waals surface area contributed by atoms with E-state index >= 15 is 0 Å². The van der Waals surface area contributed by atoms with Crippen LogP contribution in [-0.2, 0) is 14.6 Å². The molecule has 0 aliphatic heterocycles. The third kappa shape index (κ3) is 11.8. The first-order chi connectivity index (χ1) is 5.71. The van der Waals surface area contributed by atoms with Crippen molar-refractivity contribution in [1.82, 2.24) is 0 Å².